The number of hydrogen-bond donors (Lipinski definition) is 0. The third-order valence-electron chi connectivity index (χ3n) is 10.8. The lowest BCUT2D eigenvalue weighted by Gasteiger charge is -2.38. The lowest BCUT2D eigenvalue weighted by Crippen LogP contribution is -2.47. The molecule has 5 aromatic rings. The first-order chi connectivity index (χ1) is 25.9. The predicted octanol–water partition coefficient (Wildman–Crippen LogP) is 9.36. The molecule has 7 heteroatoms. The zero-order valence-corrected chi connectivity index (χ0v) is 30.4. The number of aryl methyl sites for hydroxylation is 2. The molecule has 0 saturated heterocycles. The van der Waals surface area contributed by atoms with E-state index < -0.39 is 11.9 Å². The van der Waals surface area contributed by atoms with Gasteiger partial charge < -0.3 is 18.9 Å². The lowest BCUT2D eigenvalue weighted by atomic mass is 9.73. The second-order valence-electron chi connectivity index (χ2n) is 14.6. The van der Waals surface area contributed by atoms with Gasteiger partial charge in [-0.05, 0) is 122 Å². The number of hydrogen-bond acceptors (Lipinski definition) is 7. The second-order valence-corrected chi connectivity index (χ2v) is 14.6. The van der Waals surface area contributed by atoms with Crippen LogP contribution >= 0.6 is 0 Å². The Labute approximate surface area is 311 Å². The van der Waals surface area contributed by atoms with E-state index in [1.807, 2.05) is 85.8 Å². The molecule has 0 aromatic heterocycles. The van der Waals surface area contributed by atoms with Crippen molar-refractivity contribution in [3.05, 3.63) is 160 Å². The van der Waals surface area contributed by atoms with Crippen LogP contribution in [0.25, 0.3) is 0 Å². The summed E-state index contributed by atoms with van der Waals surface area (Å²) in [6, 6.07) is 38.4. The Balaban J connectivity index is 0.984. The zero-order chi connectivity index (χ0) is 36.2. The highest BCUT2D eigenvalue weighted by molar-refractivity contribution is 5.78. The van der Waals surface area contributed by atoms with Crippen molar-refractivity contribution in [3.8, 4) is 17.2 Å². The maximum absolute atomic E-state index is 11.4. The molecule has 7 nitrogen and oxygen atoms in total. The van der Waals surface area contributed by atoms with Crippen LogP contribution in [0.15, 0.2) is 115 Å². The van der Waals surface area contributed by atoms with Crippen molar-refractivity contribution in [2.45, 2.75) is 89.3 Å². The van der Waals surface area contributed by atoms with Crippen molar-refractivity contribution in [1.82, 2.24) is 0 Å². The van der Waals surface area contributed by atoms with E-state index in [-0.39, 0.29) is 31.2 Å². The van der Waals surface area contributed by atoms with Crippen molar-refractivity contribution in [3.63, 3.8) is 0 Å². The lowest BCUT2D eigenvalue weighted by molar-refractivity contribution is -0.409. The number of fused-ring (bicyclic) bond motifs is 7. The molecular weight excluding hydrogens is 664 g/mol. The van der Waals surface area contributed by atoms with Crippen molar-refractivity contribution < 1.29 is 33.5 Å². The Morgan fingerprint density at radius 1 is 0.755 bits per heavy atom. The number of carbonyl (C=O) groups is 1. The molecule has 0 saturated carbocycles. The maximum atomic E-state index is 11.4. The molecule has 0 fully saturated rings. The van der Waals surface area contributed by atoms with Crippen molar-refractivity contribution in [2.75, 3.05) is 6.79 Å². The van der Waals surface area contributed by atoms with Gasteiger partial charge in [-0.15, -0.1) is 0 Å². The molecule has 0 bridgehead atoms. The smallest absolute Gasteiger partial charge is 0.236 e. The fraction of sp³-hybridized carbons (Fsp3) is 0.326. The van der Waals surface area contributed by atoms with E-state index in [0.29, 0.717) is 17.9 Å². The van der Waals surface area contributed by atoms with E-state index in [4.69, 9.17) is 28.7 Å². The highest BCUT2D eigenvalue weighted by Gasteiger charge is 2.48. The van der Waals surface area contributed by atoms with Crippen LogP contribution in [0.1, 0.15) is 83.5 Å². The van der Waals surface area contributed by atoms with Crippen LogP contribution in [0.4, 0.5) is 0 Å². The van der Waals surface area contributed by atoms with E-state index in [1.165, 1.54) is 40.7 Å². The maximum Gasteiger partial charge on any atom is 0.236 e. The minimum absolute atomic E-state index is 0.0567. The first-order valence-electron chi connectivity index (χ1n) is 18.8. The van der Waals surface area contributed by atoms with Crippen molar-refractivity contribution in [2.24, 2.45) is 0 Å². The summed E-state index contributed by atoms with van der Waals surface area (Å²) < 4.78 is 25.6. The quantitative estimate of drug-likeness (QED) is 0.0726. The third kappa shape index (κ3) is 7.61. The van der Waals surface area contributed by atoms with Crippen LogP contribution in [-0.2, 0) is 57.2 Å². The summed E-state index contributed by atoms with van der Waals surface area (Å²) in [4.78, 5) is 23.9. The van der Waals surface area contributed by atoms with Crippen molar-refractivity contribution in [1.29, 1.82) is 0 Å². The van der Waals surface area contributed by atoms with E-state index in [9.17, 15) is 4.79 Å². The number of benzene rings is 5. The number of Topliss-reactive ketones (excluding diaryl/α,β-unsaturated/α-hetero) is 1. The van der Waals surface area contributed by atoms with Crippen LogP contribution in [0.2, 0.25) is 0 Å². The van der Waals surface area contributed by atoms with Gasteiger partial charge in [-0.2, -0.15) is 0 Å². The molecule has 0 N–H and O–H groups in total. The minimum Gasteiger partial charge on any atom is -0.461 e. The summed E-state index contributed by atoms with van der Waals surface area (Å²) >= 11 is 0. The molecule has 0 amide bonds. The van der Waals surface area contributed by atoms with E-state index in [1.54, 1.807) is 6.92 Å². The molecule has 4 atom stereocenters. The molecule has 1 heterocycles. The Kier molecular flexibility index (Phi) is 10.3. The van der Waals surface area contributed by atoms with Gasteiger partial charge in [0.15, 0.2) is 5.60 Å². The number of ketones is 1. The molecule has 3 aliphatic rings. The number of rotatable bonds is 12. The van der Waals surface area contributed by atoms with Crippen molar-refractivity contribution >= 4 is 5.78 Å². The number of carbonyl (C=O) groups excluding carboxylic acids is 1. The Morgan fingerprint density at radius 3 is 2.21 bits per heavy atom. The summed E-state index contributed by atoms with van der Waals surface area (Å²) in [5.41, 5.74) is 8.56. The minimum atomic E-state index is -1.09. The topological polar surface area (TPSA) is 72.5 Å². The van der Waals surface area contributed by atoms with Crippen LogP contribution in [-0.4, -0.2) is 25.0 Å². The summed E-state index contributed by atoms with van der Waals surface area (Å²) in [6.07, 6.45) is 5.97. The predicted molar refractivity (Wildman–Crippen MR) is 202 cm³/mol. The van der Waals surface area contributed by atoms with E-state index >= 15 is 0 Å². The molecule has 272 valence electrons. The molecule has 1 aliphatic heterocycles. The molecule has 5 aromatic carbocycles. The molecular formula is C46H46O7. The largest absolute Gasteiger partial charge is 0.461 e. The van der Waals surface area contributed by atoms with Gasteiger partial charge in [0.1, 0.15) is 29.6 Å². The van der Waals surface area contributed by atoms with Gasteiger partial charge in [-0.3, -0.25) is 4.79 Å². The third-order valence-corrected chi connectivity index (χ3v) is 10.8. The van der Waals surface area contributed by atoms with Crippen LogP contribution in [0.5, 0.6) is 17.2 Å². The van der Waals surface area contributed by atoms with Gasteiger partial charge in [-0.25, -0.2) is 9.78 Å². The molecule has 2 aliphatic carbocycles. The monoisotopic (exact) mass is 710 g/mol. The van der Waals surface area contributed by atoms with Gasteiger partial charge in [0.25, 0.3) is 0 Å². The fourth-order valence-corrected chi connectivity index (χ4v) is 8.09. The van der Waals surface area contributed by atoms with Gasteiger partial charge in [-0.1, -0.05) is 84.9 Å². The normalized spacial score (nSPS) is 19.9. The Hall–Kier alpha value is -4.95. The first kappa shape index (κ1) is 35.1. The summed E-state index contributed by atoms with van der Waals surface area (Å²) in [5, 5.41) is 0. The van der Waals surface area contributed by atoms with Gasteiger partial charge in [0, 0.05) is 17.9 Å². The van der Waals surface area contributed by atoms with Crippen LogP contribution in [0.3, 0.4) is 0 Å². The molecule has 8 rings (SSSR count). The summed E-state index contributed by atoms with van der Waals surface area (Å²) in [7, 11) is 0. The molecule has 0 spiro atoms. The van der Waals surface area contributed by atoms with Gasteiger partial charge in [0.05, 0.1) is 6.10 Å². The van der Waals surface area contributed by atoms with Gasteiger partial charge in [0.2, 0.25) is 13.1 Å². The fourth-order valence-electron chi connectivity index (χ4n) is 8.09. The first-order valence-corrected chi connectivity index (χ1v) is 18.8. The zero-order valence-electron chi connectivity index (χ0n) is 30.4. The second kappa shape index (κ2) is 15.6. The Morgan fingerprint density at radius 2 is 1.45 bits per heavy atom. The average molecular weight is 711 g/mol. The summed E-state index contributed by atoms with van der Waals surface area (Å²) in [5.74, 6) is 2.42. The summed E-state index contributed by atoms with van der Waals surface area (Å²) in [6.45, 7) is 3.85. The standard InChI is InChI=1S/C46H46O7/c1-31(47)28-32-16-22-37(23-17-32)48-30-49-38-24-18-33(19-25-38)29-50-53-46(2,36-12-4-3-5-13-36)45-51-41-26-20-34-10-6-8-14-39(34)43(41)44-40-15-9-7-11-35(40)21-27-42(44)52-45/h3-6,8,10,12-14,16-19,21-25,27,41,43,45H,7,9,11,15,20,26,28-30H2,1-2H3/t41?,43-,45?,46-/m0/s1. The van der Waals surface area contributed by atoms with Crippen LogP contribution in [0, 0.1) is 0 Å². The van der Waals surface area contributed by atoms with E-state index in [2.05, 4.69) is 36.4 Å². The average Bonchev–Trinajstić information content (AvgIpc) is 3.37. The van der Waals surface area contributed by atoms with E-state index in [0.717, 1.165) is 48.1 Å². The highest BCUT2D eigenvalue weighted by Crippen LogP contribution is 2.50. The number of ether oxygens (including phenoxy) is 4. The molecule has 0 radical (unpaired) electrons. The highest BCUT2D eigenvalue weighted by atomic mass is 17.2. The molecule has 53 heavy (non-hydrogen) atoms. The Bertz CT molecular complexity index is 2020. The van der Waals surface area contributed by atoms with Crippen LogP contribution < -0.4 is 14.2 Å². The SMILES string of the molecule is CC(=O)Cc1ccc(OCOc2ccc(COO[C@@](C)(c3ccccc3)C3Oc4ccc5c(c4[C@H]4c6ccccc6CCC4O3)CCCC5)cc2)cc1. The van der Waals surface area contributed by atoms with Gasteiger partial charge >= 0.3 is 0 Å². The molecule has 2 unspecified atom stereocenters.